The van der Waals surface area contributed by atoms with E-state index >= 15 is 0 Å². The summed E-state index contributed by atoms with van der Waals surface area (Å²) in [5.74, 6) is 0.651. The van der Waals surface area contributed by atoms with Crippen LogP contribution in [0.2, 0.25) is 0 Å². The number of hydrogen-bond donors (Lipinski definition) is 2. The number of ether oxygens (including phenoxy) is 1. The zero-order chi connectivity index (χ0) is 19.2. The molecule has 1 amide bonds. The first kappa shape index (κ1) is 18.1. The number of pyridine rings is 1. The van der Waals surface area contributed by atoms with E-state index in [2.05, 4.69) is 15.6 Å². The van der Waals surface area contributed by atoms with Gasteiger partial charge in [-0.05, 0) is 43.3 Å². The minimum atomic E-state index is -0.332. The van der Waals surface area contributed by atoms with Crippen molar-refractivity contribution >= 4 is 28.9 Å². The normalized spacial score (nSPS) is 10.1. The molecule has 0 bridgehead atoms. The summed E-state index contributed by atoms with van der Waals surface area (Å²) in [5.41, 5.74) is 2.15. The Morgan fingerprint density at radius 2 is 1.81 bits per heavy atom. The number of anilines is 3. The van der Waals surface area contributed by atoms with E-state index in [1.54, 1.807) is 49.7 Å². The average Bonchev–Trinajstić information content (AvgIpc) is 2.69. The summed E-state index contributed by atoms with van der Waals surface area (Å²) in [6.07, 6.45) is 1.60. The molecule has 3 rings (SSSR count). The molecule has 6 nitrogen and oxygen atoms in total. The van der Waals surface area contributed by atoms with Gasteiger partial charge in [-0.2, -0.15) is 0 Å². The molecule has 27 heavy (non-hydrogen) atoms. The van der Waals surface area contributed by atoms with Gasteiger partial charge in [0.25, 0.3) is 5.91 Å². The number of hydrogen-bond acceptors (Lipinski definition) is 5. The quantitative estimate of drug-likeness (QED) is 0.640. The van der Waals surface area contributed by atoms with E-state index in [1.807, 2.05) is 24.3 Å². The number of para-hydroxylation sites is 2. The molecule has 0 aliphatic heterocycles. The van der Waals surface area contributed by atoms with Crippen molar-refractivity contribution in [1.82, 2.24) is 4.98 Å². The fraction of sp³-hybridized carbons (Fsp3) is 0.0952. The number of Topliss-reactive ketones (excluding diaryl/α,β-unsaturated/α-hetero) is 1. The maximum absolute atomic E-state index is 12.8. The lowest BCUT2D eigenvalue weighted by Gasteiger charge is -2.13. The van der Waals surface area contributed by atoms with E-state index in [1.165, 1.54) is 6.92 Å². The van der Waals surface area contributed by atoms with Gasteiger partial charge in [-0.3, -0.25) is 9.59 Å². The molecule has 0 fully saturated rings. The van der Waals surface area contributed by atoms with Gasteiger partial charge in [-0.15, -0.1) is 0 Å². The lowest BCUT2D eigenvalue weighted by molar-refractivity contribution is 0.101. The molecule has 0 saturated carbocycles. The van der Waals surface area contributed by atoms with Gasteiger partial charge in [0.1, 0.15) is 11.6 Å². The maximum atomic E-state index is 12.8. The van der Waals surface area contributed by atoms with Gasteiger partial charge in [0.05, 0.1) is 18.4 Å². The molecule has 2 N–H and O–H groups in total. The fourth-order valence-electron chi connectivity index (χ4n) is 2.58. The van der Waals surface area contributed by atoms with Crippen LogP contribution >= 0.6 is 0 Å². The van der Waals surface area contributed by atoms with Crippen LogP contribution in [0.3, 0.4) is 0 Å². The van der Waals surface area contributed by atoms with Crippen LogP contribution in [-0.2, 0) is 0 Å². The third-order valence-corrected chi connectivity index (χ3v) is 3.94. The number of ketones is 1. The van der Waals surface area contributed by atoms with E-state index in [9.17, 15) is 9.59 Å². The van der Waals surface area contributed by atoms with Crippen LogP contribution in [0.25, 0.3) is 0 Å². The van der Waals surface area contributed by atoms with Crippen molar-refractivity contribution < 1.29 is 14.3 Å². The van der Waals surface area contributed by atoms with E-state index in [0.717, 1.165) is 0 Å². The summed E-state index contributed by atoms with van der Waals surface area (Å²) in [6.45, 7) is 1.48. The number of nitrogens with zero attached hydrogens (tertiary/aromatic N) is 1. The molecule has 0 aliphatic rings. The molecule has 2 aromatic carbocycles. The Bertz CT molecular complexity index is 986. The maximum Gasteiger partial charge on any atom is 0.259 e. The second-order valence-electron chi connectivity index (χ2n) is 5.82. The lowest BCUT2D eigenvalue weighted by atomic mass is 10.1. The summed E-state index contributed by atoms with van der Waals surface area (Å²) in [4.78, 5) is 28.6. The van der Waals surface area contributed by atoms with Crippen molar-refractivity contribution in [2.45, 2.75) is 6.92 Å². The summed E-state index contributed by atoms with van der Waals surface area (Å²) in [7, 11) is 1.58. The molecule has 0 atom stereocenters. The number of nitrogens with one attached hydrogen (secondary N) is 2. The van der Waals surface area contributed by atoms with E-state index in [-0.39, 0.29) is 11.7 Å². The molecule has 136 valence electrons. The molecule has 0 radical (unpaired) electrons. The molecular weight excluding hydrogens is 342 g/mol. The molecule has 1 aromatic heterocycles. The Labute approximate surface area is 157 Å². The number of methoxy groups -OCH3 is 1. The minimum Gasteiger partial charge on any atom is -0.495 e. The number of benzene rings is 2. The molecule has 0 spiro atoms. The number of amides is 1. The first-order valence-corrected chi connectivity index (χ1v) is 8.36. The number of rotatable bonds is 6. The van der Waals surface area contributed by atoms with Gasteiger partial charge in [-0.25, -0.2) is 4.98 Å². The third-order valence-electron chi connectivity index (χ3n) is 3.94. The van der Waals surface area contributed by atoms with Gasteiger partial charge >= 0.3 is 0 Å². The molecule has 6 heteroatoms. The van der Waals surface area contributed by atoms with Gasteiger partial charge < -0.3 is 15.4 Å². The average molecular weight is 361 g/mol. The SMILES string of the molecule is COc1ccccc1Nc1ncccc1C(=O)Nc1cccc(C(C)=O)c1. The first-order chi connectivity index (χ1) is 13.1. The number of carbonyl (C=O) groups is 2. The van der Waals surface area contributed by atoms with E-state index < -0.39 is 0 Å². The molecule has 1 heterocycles. The fourth-order valence-corrected chi connectivity index (χ4v) is 2.58. The van der Waals surface area contributed by atoms with Crippen molar-refractivity contribution in [1.29, 1.82) is 0 Å². The monoisotopic (exact) mass is 361 g/mol. The summed E-state index contributed by atoms with van der Waals surface area (Å²) < 4.78 is 5.33. The Kier molecular flexibility index (Phi) is 5.47. The minimum absolute atomic E-state index is 0.0639. The topological polar surface area (TPSA) is 80.3 Å². The first-order valence-electron chi connectivity index (χ1n) is 8.36. The van der Waals surface area contributed by atoms with Crippen LogP contribution in [0.4, 0.5) is 17.2 Å². The zero-order valence-electron chi connectivity index (χ0n) is 15.0. The van der Waals surface area contributed by atoms with Crippen molar-refractivity contribution in [3.63, 3.8) is 0 Å². The lowest BCUT2D eigenvalue weighted by Crippen LogP contribution is -2.15. The largest absolute Gasteiger partial charge is 0.495 e. The molecular formula is C21H19N3O3. The number of carbonyl (C=O) groups excluding carboxylic acids is 2. The van der Waals surface area contributed by atoms with Crippen LogP contribution in [0.1, 0.15) is 27.6 Å². The van der Waals surface area contributed by atoms with E-state index in [0.29, 0.717) is 34.1 Å². The summed E-state index contributed by atoms with van der Waals surface area (Å²) in [5, 5.41) is 5.94. The van der Waals surface area contributed by atoms with Crippen LogP contribution in [0, 0.1) is 0 Å². The predicted molar refractivity (Wildman–Crippen MR) is 105 cm³/mol. The Morgan fingerprint density at radius 3 is 2.59 bits per heavy atom. The highest BCUT2D eigenvalue weighted by molar-refractivity contribution is 6.08. The summed E-state index contributed by atoms with van der Waals surface area (Å²) in [6, 6.07) is 17.5. The third kappa shape index (κ3) is 4.30. The summed E-state index contributed by atoms with van der Waals surface area (Å²) >= 11 is 0. The second-order valence-corrected chi connectivity index (χ2v) is 5.82. The number of aromatic nitrogens is 1. The van der Waals surface area contributed by atoms with Gasteiger partial charge in [0.2, 0.25) is 0 Å². The zero-order valence-corrected chi connectivity index (χ0v) is 15.0. The highest BCUT2D eigenvalue weighted by Crippen LogP contribution is 2.27. The van der Waals surface area contributed by atoms with Gasteiger partial charge in [-0.1, -0.05) is 24.3 Å². The molecule has 0 aliphatic carbocycles. The van der Waals surface area contributed by atoms with Crippen molar-refractivity contribution in [3.8, 4) is 5.75 Å². The van der Waals surface area contributed by atoms with Crippen LogP contribution in [0.5, 0.6) is 5.75 Å². The Hall–Kier alpha value is -3.67. The van der Waals surface area contributed by atoms with Crippen molar-refractivity contribution in [2.24, 2.45) is 0 Å². The van der Waals surface area contributed by atoms with Crippen LogP contribution < -0.4 is 15.4 Å². The van der Waals surface area contributed by atoms with Crippen molar-refractivity contribution in [3.05, 3.63) is 78.0 Å². The molecule has 3 aromatic rings. The molecule has 0 unspecified atom stereocenters. The highest BCUT2D eigenvalue weighted by Gasteiger charge is 2.14. The van der Waals surface area contributed by atoms with Gasteiger partial charge in [0, 0.05) is 17.4 Å². The molecule has 0 saturated heterocycles. The standard InChI is InChI=1S/C21H19N3O3/c1-14(25)15-7-5-8-16(13-15)23-21(26)17-9-6-12-22-20(17)24-18-10-3-4-11-19(18)27-2/h3-13H,1-2H3,(H,22,24)(H,23,26). The van der Waals surface area contributed by atoms with E-state index in [4.69, 9.17) is 4.74 Å². The smallest absolute Gasteiger partial charge is 0.259 e. The van der Waals surface area contributed by atoms with Gasteiger partial charge in [0.15, 0.2) is 5.78 Å². The Balaban J connectivity index is 1.86. The Morgan fingerprint density at radius 1 is 1.00 bits per heavy atom. The highest BCUT2D eigenvalue weighted by atomic mass is 16.5. The second kappa shape index (κ2) is 8.14. The van der Waals surface area contributed by atoms with Crippen molar-refractivity contribution in [2.75, 3.05) is 17.7 Å². The predicted octanol–water partition coefficient (Wildman–Crippen LogP) is 4.29. The van der Waals surface area contributed by atoms with Crippen LogP contribution in [-0.4, -0.2) is 23.8 Å². The van der Waals surface area contributed by atoms with Crippen LogP contribution in [0.15, 0.2) is 66.9 Å².